The number of aliphatic hydroxyl groups is 1. The minimum absolute atomic E-state index is 0.113. The van der Waals surface area contributed by atoms with Crippen LogP contribution in [0.15, 0.2) is 58.6 Å². The molecule has 3 aromatic rings. The summed E-state index contributed by atoms with van der Waals surface area (Å²) in [7, 11) is 2.94. The molecule has 2 aromatic carbocycles. The summed E-state index contributed by atoms with van der Waals surface area (Å²) in [5.41, 5.74) is 0.479. The van der Waals surface area contributed by atoms with Crippen LogP contribution in [0.4, 0.5) is 10.2 Å². The molecule has 1 aliphatic heterocycles. The van der Waals surface area contributed by atoms with Crippen LogP contribution in [0.3, 0.4) is 0 Å². The second kappa shape index (κ2) is 8.18. The summed E-state index contributed by atoms with van der Waals surface area (Å²) in [6, 6.07) is 10.3. The molecule has 4 rings (SSSR count). The van der Waals surface area contributed by atoms with E-state index in [0.29, 0.717) is 22.8 Å². The van der Waals surface area contributed by atoms with Gasteiger partial charge in [-0.25, -0.2) is 4.39 Å². The number of aromatic nitrogens is 1. The lowest BCUT2D eigenvalue weighted by Crippen LogP contribution is -2.29. The first kappa shape index (κ1) is 21.1. The number of amides is 1. The number of carbonyl (C=O) groups is 2. The predicted octanol–water partition coefficient (Wildman–Crippen LogP) is 3.77. The summed E-state index contributed by atoms with van der Waals surface area (Å²) in [6.07, 6.45) is 0. The molecule has 0 aliphatic carbocycles. The highest BCUT2D eigenvalue weighted by Crippen LogP contribution is 2.43. The highest BCUT2D eigenvalue weighted by molar-refractivity contribution is 6.51. The number of aryl methyl sites for hydroxylation is 1. The molecule has 9 heteroatoms. The maximum absolute atomic E-state index is 13.4. The summed E-state index contributed by atoms with van der Waals surface area (Å²) >= 11 is 0. The van der Waals surface area contributed by atoms with E-state index in [1.54, 1.807) is 25.1 Å². The normalized spacial score (nSPS) is 17.6. The Morgan fingerprint density at radius 3 is 2.34 bits per heavy atom. The first-order chi connectivity index (χ1) is 15.3. The van der Waals surface area contributed by atoms with E-state index in [2.05, 4.69) is 5.16 Å². The van der Waals surface area contributed by atoms with E-state index >= 15 is 0 Å². The van der Waals surface area contributed by atoms with Crippen LogP contribution in [0.25, 0.3) is 5.76 Å². The number of aliphatic hydroxyl groups excluding tert-OH is 1. The van der Waals surface area contributed by atoms with Crippen LogP contribution in [0, 0.1) is 12.7 Å². The first-order valence-corrected chi connectivity index (χ1v) is 9.58. The van der Waals surface area contributed by atoms with Crippen LogP contribution in [0.5, 0.6) is 11.5 Å². The maximum Gasteiger partial charge on any atom is 0.301 e. The third-order valence-electron chi connectivity index (χ3n) is 5.15. The maximum atomic E-state index is 13.4. The van der Waals surface area contributed by atoms with Crippen molar-refractivity contribution in [2.24, 2.45) is 0 Å². The Bertz CT molecular complexity index is 1230. The molecule has 1 atom stereocenters. The van der Waals surface area contributed by atoms with Crippen LogP contribution < -0.4 is 14.4 Å². The molecule has 1 saturated heterocycles. The van der Waals surface area contributed by atoms with Gasteiger partial charge in [-0.15, -0.1) is 0 Å². The Morgan fingerprint density at radius 1 is 1.06 bits per heavy atom. The highest BCUT2D eigenvalue weighted by atomic mass is 19.1. The van der Waals surface area contributed by atoms with Crippen LogP contribution in [-0.2, 0) is 9.59 Å². The molecule has 0 radical (unpaired) electrons. The van der Waals surface area contributed by atoms with Crippen molar-refractivity contribution in [3.63, 3.8) is 0 Å². The van der Waals surface area contributed by atoms with Crippen molar-refractivity contribution in [3.05, 3.63) is 76.8 Å². The van der Waals surface area contributed by atoms with Gasteiger partial charge in [0.2, 0.25) is 0 Å². The number of rotatable bonds is 5. The molecule has 32 heavy (non-hydrogen) atoms. The van der Waals surface area contributed by atoms with Crippen LogP contribution in [0.1, 0.15) is 22.9 Å². The van der Waals surface area contributed by atoms with Crippen molar-refractivity contribution in [1.29, 1.82) is 0 Å². The fraction of sp³-hybridized carbons (Fsp3) is 0.174. The highest BCUT2D eigenvalue weighted by Gasteiger charge is 2.48. The summed E-state index contributed by atoms with van der Waals surface area (Å²) in [5, 5.41) is 14.9. The number of carbonyl (C=O) groups excluding carboxylic acids is 2. The number of hydrogen-bond acceptors (Lipinski definition) is 7. The van der Waals surface area contributed by atoms with Gasteiger partial charge in [0.25, 0.3) is 5.78 Å². The number of methoxy groups -OCH3 is 2. The molecule has 1 amide bonds. The fourth-order valence-electron chi connectivity index (χ4n) is 3.64. The number of benzene rings is 2. The topological polar surface area (TPSA) is 102 Å². The van der Waals surface area contributed by atoms with Gasteiger partial charge in [-0.3, -0.25) is 14.5 Å². The predicted molar refractivity (Wildman–Crippen MR) is 112 cm³/mol. The Kier molecular flexibility index (Phi) is 5.40. The molecule has 8 nitrogen and oxygen atoms in total. The van der Waals surface area contributed by atoms with Gasteiger partial charge in [-0.1, -0.05) is 11.2 Å². The quantitative estimate of drug-likeness (QED) is 0.368. The lowest BCUT2D eigenvalue weighted by Gasteiger charge is -2.23. The molecule has 0 spiro atoms. The Morgan fingerprint density at radius 2 is 1.75 bits per heavy atom. The molecule has 164 valence electrons. The zero-order chi connectivity index (χ0) is 23.0. The molecule has 2 heterocycles. The van der Waals surface area contributed by atoms with E-state index in [4.69, 9.17) is 14.0 Å². The van der Waals surface area contributed by atoms with Gasteiger partial charge in [0.05, 0.1) is 25.8 Å². The third kappa shape index (κ3) is 3.47. The van der Waals surface area contributed by atoms with E-state index in [0.717, 1.165) is 17.0 Å². The van der Waals surface area contributed by atoms with Crippen LogP contribution >= 0.6 is 0 Å². The van der Waals surface area contributed by atoms with Crippen molar-refractivity contribution in [3.8, 4) is 11.5 Å². The minimum Gasteiger partial charge on any atom is -0.507 e. The van der Waals surface area contributed by atoms with Gasteiger partial charge in [0.15, 0.2) is 17.3 Å². The molecule has 0 bridgehead atoms. The molecule has 0 saturated carbocycles. The summed E-state index contributed by atoms with van der Waals surface area (Å²) in [6.45, 7) is 1.65. The molecular formula is C23H19FN2O6. The molecule has 1 aliphatic rings. The summed E-state index contributed by atoms with van der Waals surface area (Å²) < 4.78 is 29.1. The Labute approximate surface area is 182 Å². The van der Waals surface area contributed by atoms with E-state index in [1.165, 1.54) is 32.4 Å². The minimum atomic E-state index is -1.04. The van der Waals surface area contributed by atoms with Gasteiger partial charge in [0.1, 0.15) is 17.3 Å². The molecule has 1 aromatic heterocycles. The second-order valence-electron chi connectivity index (χ2n) is 7.09. The second-order valence-corrected chi connectivity index (χ2v) is 7.09. The summed E-state index contributed by atoms with van der Waals surface area (Å²) in [5.74, 6) is -1.37. The zero-order valence-electron chi connectivity index (χ0n) is 17.5. The van der Waals surface area contributed by atoms with E-state index in [-0.39, 0.29) is 17.0 Å². The van der Waals surface area contributed by atoms with Gasteiger partial charge in [0, 0.05) is 11.6 Å². The van der Waals surface area contributed by atoms with E-state index in [9.17, 15) is 19.1 Å². The zero-order valence-corrected chi connectivity index (χ0v) is 17.5. The lowest BCUT2D eigenvalue weighted by atomic mass is 9.95. The largest absolute Gasteiger partial charge is 0.507 e. The van der Waals surface area contributed by atoms with Crippen molar-refractivity contribution < 1.29 is 33.1 Å². The van der Waals surface area contributed by atoms with Gasteiger partial charge < -0.3 is 19.1 Å². The molecule has 1 unspecified atom stereocenters. The smallest absolute Gasteiger partial charge is 0.301 e. The van der Waals surface area contributed by atoms with Gasteiger partial charge in [-0.2, -0.15) is 0 Å². The third-order valence-corrected chi connectivity index (χ3v) is 5.15. The van der Waals surface area contributed by atoms with Gasteiger partial charge >= 0.3 is 5.91 Å². The van der Waals surface area contributed by atoms with Crippen molar-refractivity contribution in [1.82, 2.24) is 5.16 Å². The monoisotopic (exact) mass is 438 g/mol. The van der Waals surface area contributed by atoms with Gasteiger partial charge in [-0.05, 0) is 48.9 Å². The van der Waals surface area contributed by atoms with Crippen molar-refractivity contribution in [2.75, 3.05) is 19.1 Å². The average molecular weight is 438 g/mol. The number of hydrogen-bond donors (Lipinski definition) is 1. The number of Topliss-reactive ketones (excluding diaryl/α,β-unsaturated/α-hetero) is 1. The standard InChI is InChI=1S/C23H19FN2O6/c1-12-10-18(25-32-12)26-20(14-6-9-16(30-2)17(11-14)31-3)19(22(28)23(26)29)21(27)13-4-7-15(24)8-5-13/h4-11,20,27H,1-3H3/b21-19-. The van der Waals surface area contributed by atoms with Crippen LogP contribution in [-0.4, -0.2) is 36.2 Å². The Balaban J connectivity index is 1.95. The number of halogens is 1. The van der Waals surface area contributed by atoms with E-state index in [1.807, 2.05) is 0 Å². The van der Waals surface area contributed by atoms with E-state index < -0.39 is 29.3 Å². The molecule has 1 fully saturated rings. The number of nitrogens with zero attached hydrogens (tertiary/aromatic N) is 2. The molecular weight excluding hydrogens is 419 g/mol. The number of ether oxygens (including phenoxy) is 2. The molecule has 1 N–H and O–H groups in total. The summed E-state index contributed by atoms with van der Waals surface area (Å²) in [4.78, 5) is 27.2. The average Bonchev–Trinajstić information content (AvgIpc) is 3.34. The van der Waals surface area contributed by atoms with Crippen molar-refractivity contribution >= 4 is 23.3 Å². The fourth-order valence-corrected chi connectivity index (χ4v) is 3.64. The van der Waals surface area contributed by atoms with Crippen LogP contribution in [0.2, 0.25) is 0 Å². The van der Waals surface area contributed by atoms with Crippen molar-refractivity contribution in [2.45, 2.75) is 13.0 Å². The lowest BCUT2D eigenvalue weighted by molar-refractivity contribution is -0.132. The Hall–Kier alpha value is -4.14. The SMILES string of the molecule is COc1ccc(C2/C(=C(/O)c3ccc(F)cc3)C(=O)C(=O)N2c2cc(C)on2)cc1OC. The number of anilines is 1. The first-order valence-electron chi connectivity index (χ1n) is 9.58. The number of ketones is 1.